The minimum atomic E-state index is 0. The molecule has 1 rings (SSSR count). The second-order valence-corrected chi connectivity index (χ2v) is 1.39. The fourth-order valence-corrected chi connectivity index (χ4v) is 0.407. The standard InChI is InChI=1S/C5H7N/c1-5-2-3-6-4-5/h2-4,6H,1H3/p+1. The van der Waals surface area contributed by atoms with E-state index in [1.807, 2.05) is 18.5 Å². The first kappa shape index (κ1) is 3.47. The topological polar surface area (TPSA) is 15.8 Å². The van der Waals surface area contributed by atoms with E-state index in [1.54, 1.807) is 0 Å². The molecule has 1 heterocycles. The van der Waals surface area contributed by atoms with Crippen molar-refractivity contribution in [2.24, 2.45) is 0 Å². The van der Waals surface area contributed by atoms with Crippen molar-refractivity contribution in [3.8, 4) is 0 Å². The van der Waals surface area contributed by atoms with Crippen LogP contribution in [0.1, 0.15) is 6.99 Å². The lowest BCUT2D eigenvalue weighted by molar-refractivity contribution is 1.39. The van der Waals surface area contributed by atoms with Crippen molar-refractivity contribution >= 4 is 0 Å². The van der Waals surface area contributed by atoms with Crippen molar-refractivity contribution in [3.05, 3.63) is 24.0 Å². The van der Waals surface area contributed by atoms with Crippen LogP contribution in [0.3, 0.4) is 0 Å². The first-order valence-electron chi connectivity index (χ1n) is 1.99. The summed E-state index contributed by atoms with van der Waals surface area (Å²) in [4.78, 5) is 2.93. The van der Waals surface area contributed by atoms with Crippen LogP contribution in [-0.2, 0) is 0 Å². The summed E-state index contributed by atoms with van der Waals surface area (Å²) in [6.07, 6.45) is 3.87. The van der Waals surface area contributed by atoms with Crippen molar-refractivity contribution in [1.29, 1.82) is 0 Å². The molecule has 32 valence electrons. The van der Waals surface area contributed by atoms with E-state index in [4.69, 9.17) is 0 Å². The highest BCUT2D eigenvalue weighted by Gasteiger charge is 1.73. The smallest absolute Gasteiger partial charge is 0.367 e. The van der Waals surface area contributed by atoms with Crippen LogP contribution in [-0.4, -0.2) is 4.98 Å². The van der Waals surface area contributed by atoms with E-state index >= 15 is 0 Å². The lowest BCUT2D eigenvalue weighted by Gasteiger charge is -1.65. The van der Waals surface area contributed by atoms with Gasteiger partial charge in [0.05, 0.1) is 0 Å². The summed E-state index contributed by atoms with van der Waals surface area (Å²) >= 11 is 0. The first-order valence-corrected chi connectivity index (χ1v) is 1.99. The third-order valence-corrected chi connectivity index (χ3v) is 0.753. The molecule has 0 aliphatic carbocycles. The van der Waals surface area contributed by atoms with E-state index in [0.717, 1.165) is 0 Å². The fraction of sp³-hybridized carbons (Fsp3) is 0.200. The maximum atomic E-state index is 2.93. The second kappa shape index (κ2) is 1.17. The van der Waals surface area contributed by atoms with E-state index in [2.05, 4.69) is 11.9 Å². The van der Waals surface area contributed by atoms with E-state index in [-0.39, 0.29) is 1.43 Å². The van der Waals surface area contributed by atoms with Gasteiger partial charge in [0, 0.05) is 12.4 Å². The van der Waals surface area contributed by atoms with Gasteiger partial charge in [-0.05, 0) is 18.6 Å². The van der Waals surface area contributed by atoms with Gasteiger partial charge in [-0.15, -0.1) is 0 Å². The Morgan fingerprint density at radius 1 is 1.83 bits per heavy atom. The summed E-state index contributed by atoms with van der Waals surface area (Å²) in [5.74, 6) is 0. The molecular formula is C5H8N+. The summed E-state index contributed by atoms with van der Waals surface area (Å²) in [6, 6.07) is 2.03. The summed E-state index contributed by atoms with van der Waals surface area (Å²) in [6.45, 7) is 2.05. The van der Waals surface area contributed by atoms with Gasteiger partial charge in [-0.3, -0.25) is 0 Å². The second-order valence-electron chi connectivity index (χ2n) is 1.39. The maximum absolute atomic E-state index is 2.93. The average molecular weight is 82.1 g/mol. The average Bonchev–Trinajstić information content (AvgIpc) is 1.86. The molecule has 1 N–H and O–H groups in total. The molecule has 0 radical (unpaired) electrons. The van der Waals surface area contributed by atoms with Gasteiger partial charge in [0.15, 0.2) is 0 Å². The third-order valence-electron chi connectivity index (χ3n) is 0.753. The molecule has 0 aliphatic heterocycles. The molecule has 6 heavy (non-hydrogen) atoms. The zero-order chi connectivity index (χ0) is 4.41. The van der Waals surface area contributed by atoms with E-state index < -0.39 is 0 Å². The molecule has 0 aromatic carbocycles. The SMILES string of the molecule is Cc1cc[nH]c1.[H+]. The lowest BCUT2D eigenvalue weighted by atomic mass is 10.4. The number of hydrogen-bond donors (Lipinski definition) is 1. The van der Waals surface area contributed by atoms with Crippen molar-refractivity contribution in [3.63, 3.8) is 0 Å². The van der Waals surface area contributed by atoms with E-state index in [9.17, 15) is 0 Å². The van der Waals surface area contributed by atoms with Gasteiger partial charge in [0.2, 0.25) is 0 Å². The summed E-state index contributed by atoms with van der Waals surface area (Å²) in [7, 11) is 0. The molecule has 0 atom stereocenters. The van der Waals surface area contributed by atoms with Crippen molar-refractivity contribution in [2.45, 2.75) is 6.92 Å². The number of rotatable bonds is 0. The van der Waals surface area contributed by atoms with Crippen molar-refractivity contribution in [1.82, 2.24) is 4.98 Å². The first-order chi connectivity index (χ1) is 2.89. The van der Waals surface area contributed by atoms with Gasteiger partial charge in [0.1, 0.15) is 0 Å². The normalized spacial score (nSPS) is 8.83. The van der Waals surface area contributed by atoms with Crippen molar-refractivity contribution < 1.29 is 1.43 Å². The van der Waals surface area contributed by atoms with Crippen LogP contribution in [0.5, 0.6) is 0 Å². The Bertz CT molecular complexity index is 112. The van der Waals surface area contributed by atoms with Gasteiger partial charge < -0.3 is 4.98 Å². The Kier molecular flexibility index (Phi) is 0.675. The molecule has 1 aromatic heterocycles. The highest BCUT2D eigenvalue weighted by Crippen LogP contribution is 1.88. The van der Waals surface area contributed by atoms with Gasteiger partial charge in [-0.1, -0.05) is 0 Å². The van der Waals surface area contributed by atoms with Gasteiger partial charge in [0.25, 0.3) is 0 Å². The van der Waals surface area contributed by atoms with E-state index in [0.29, 0.717) is 0 Å². The summed E-state index contributed by atoms with van der Waals surface area (Å²) in [5, 5.41) is 0. The Morgan fingerprint density at radius 2 is 2.67 bits per heavy atom. The van der Waals surface area contributed by atoms with Crippen LogP contribution in [0.4, 0.5) is 0 Å². The van der Waals surface area contributed by atoms with Gasteiger partial charge in [-0.2, -0.15) is 0 Å². The highest BCUT2D eigenvalue weighted by molar-refractivity contribution is 5.03. The zero-order valence-electron chi connectivity index (χ0n) is 4.73. The number of hydrogen-bond acceptors (Lipinski definition) is 0. The number of nitrogens with one attached hydrogen (secondary N) is 1. The maximum Gasteiger partial charge on any atom is 1.00 e. The Labute approximate surface area is 38.5 Å². The molecular weight excluding hydrogens is 74.1 g/mol. The Morgan fingerprint density at radius 3 is 2.83 bits per heavy atom. The molecule has 0 fully saturated rings. The minimum Gasteiger partial charge on any atom is -0.367 e. The molecule has 0 aliphatic rings. The van der Waals surface area contributed by atoms with Crippen LogP contribution in [0, 0.1) is 6.92 Å². The molecule has 0 bridgehead atoms. The molecule has 1 heteroatoms. The van der Waals surface area contributed by atoms with Gasteiger partial charge in [-0.25, -0.2) is 0 Å². The monoisotopic (exact) mass is 82.1 g/mol. The van der Waals surface area contributed by atoms with E-state index in [1.165, 1.54) is 5.56 Å². The quantitative estimate of drug-likeness (QED) is 0.487. The largest absolute Gasteiger partial charge is 1.00 e. The van der Waals surface area contributed by atoms with Crippen LogP contribution in [0.15, 0.2) is 18.5 Å². The Hall–Kier alpha value is -0.720. The van der Waals surface area contributed by atoms with Gasteiger partial charge >= 0.3 is 1.43 Å². The number of aryl methyl sites for hydroxylation is 1. The molecule has 0 spiro atoms. The number of aromatic amines is 1. The molecule has 0 unspecified atom stereocenters. The van der Waals surface area contributed by atoms with Crippen molar-refractivity contribution in [2.75, 3.05) is 0 Å². The zero-order valence-corrected chi connectivity index (χ0v) is 3.73. The molecule has 1 nitrogen and oxygen atoms in total. The summed E-state index contributed by atoms with van der Waals surface area (Å²) < 4.78 is 0. The lowest BCUT2D eigenvalue weighted by Crippen LogP contribution is -1.50. The minimum absolute atomic E-state index is 0. The van der Waals surface area contributed by atoms with Crippen LogP contribution >= 0.6 is 0 Å². The number of aromatic nitrogens is 1. The van der Waals surface area contributed by atoms with Crippen LogP contribution in [0.2, 0.25) is 0 Å². The summed E-state index contributed by atoms with van der Waals surface area (Å²) in [5.41, 5.74) is 1.29. The molecule has 0 saturated heterocycles. The molecule has 0 amide bonds. The highest BCUT2D eigenvalue weighted by atomic mass is 14.6. The number of H-pyrrole nitrogens is 1. The molecule has 1 aromatic rings. The Balaban J connectivity index is 0.000000360. The van der Waals surface area contributed by atoms with Crippen LogP contribution < -0.4 is 0 Å². The molecule has 0 saturated carbocycles. The third kappa shape index (κ3) is 0.432. The van der Waals surface area contributed by atoms with Crippen LogP contribution in [0.25, 0.3) is 0 Å². The fourth-order valence-electron chi connectivity index (χ4n) is 0.407. The predicted molar refractivity (Wildman–Crippen MR) is 26.6 cm³/mol. The predicted octanol–water partition coefficient (Wildman–Crippen LogP) is 1.44.